The zero-order chi connectivity index (χ0) is 20.0. The molecule has 0 aliphatic carbocycles. The van der Waals surface area contributed by atoms with Gasteiger partial charge in [0, 0.05) is 6.08 Å². The van der Waals surface area contributed by atoms with Crippen molar-refractivity contribution in [2.45, 2.75) is 19.4 Å². The van der Waals surface area contributed by atoms with Crippen LogP contribution in [0.15, 0.2) is 48.5 Å². The Kier molecular flexibility index (Phi) is 6.88. The number of nitrogens with two attached hydrogens (primary N) is 1. The van der Waals surface area contributed by atoms with Crippen LogP contribution in [0.5, 0.6) is 5.75 Å². The molecule has 0 bridgehead atoms. The number of primary amides is 1. The number of rotatable bonds is 7. The second-order valence-electron chi connectivity index (χ2n) is 6.40. The fourth-order valence-corrected chi connectivity index (χ4v) is 2.61. The van der Waals surface area contributed by atoms with E-state index < -0.39 is 11.4 Å². The van der Waals surface area contributed by atoms with E-state index in [0.29, 0.717) is 15.8 Å². The van der Waals surface area contributed by atoms with Gasteiger partial charge in [-0.1, -0.05) is 41.4 Å². The fourth-order valence-electron chi connectivity index (χ4n) is 2.31. The Morgan fingerprint density at radius 3 is 2.37 bits per heavy atom. The molecular weight excluding hydrogens is 387 g/mol. The second-order valence-corrected chi connectivity index (χ2v) is 7.21. The van der Waals surface area contributed by atoms with Crippen molar-refractivity contribution in [2.24, 2.45) is 5.73 Å². The summed E-state index contributed by atoms with van der Waals surface area (Å²) in [4.78, 5) is 23.0. The van der Waals surface area contributed by atoms with E-state index in [-0.39, 0.29) is 12.5 Å². The summed E-state index contributed by atoms with van der Waals surface area (Å²) in [5.41, 5.74) is 6.05. The molecule has 2 aromatic carbocycles. The van der Waals surface area contributed by atoms with Gasteiger partial charge in [0.1, 0.15) is 5.75 Å². The Hall–Kier alpha value is -2.50. The van der Waals surface area contributed by atoms with Crippen LogP contribution in [0.3, 0.4) is 0 Å². The highest BCUT2D eigenvalue weighted by Crippen LogP contribution is 2.28. The minimum absolute atomic E-state index is 0.179. The van der Waals surface area contributed by atoms with Gasteiger partial charge in [0.05, 0.1) is 15.6 Å². The Morgan fingerprint density at radius 2 is 1.78 bits per heavy atom. The Morgan fingerprint density at radius 1 is 1.11 bits per heavy atom. The maximum Gasteiger partial charge on any atom is 0.255 e. The fraction of sp³-hybridized carbons (Fsp3) is 0.200. The minimum Gasteiger partial charge on any atom is -0.484 e. The van der Waals surface area contributed by atoms with Crippen LogP contribution in [0.4, 0.5) is 0 Å². The van der Waals surface area contributed by atoms with Crippen molar-refractivity contribution in [3.63, 3.8) is 0 Å². The van der Waals surface area contributed by atoms with E-state index in [0.717, 1.165) is 11.1 Å². The zero-order valence-electron chi connectivity index (χ0n) is 15.0. The van der Waals surface area contributed by atoms with Gasteiger partial charge < -0.3 is 15.8 Å². The van der Waals surface area contributed by atoms with Gasteiger partial charge in [0.15, 0.2) is 6.61 Å². The number of hydrogen-bond acceptors (Lipinski definition) is 3. The van der Waals surface area contributed by atoms with E-state index in [1.807, 2.05) is 19.9 Å². The third-order valence-corrected chi connectivity index (χ3v) is 4.50. The number of amides is 2. The molecule has 3 N–H and O–H groups in total. The first-order valence-corrected chi connectivity index (χ1v) is 8.90. The Balaban J connectivity index is 1.99. The summed E-state index contributed by atoms with van der Waals surface area (Å²) in [5.74, 6) is -0.267. The molecule has 5 nitrogen and oxygen atoms in total. The molecule has 2 amide bonds. The van der Waals surface area contributed by atoms with Crippen molar-refractivity contribution >= 4 is 41.1 Å². The molecule has 2 rings (SSSR count). The highest BCUT2D eigenvalue weighted by molar-refractivity contribution is 6.42. The molecule has 0 heterocycles. The number of halogens is 2. The van der Waals surface area contributed by atoms with Crippen molar-refractivity contribution in [1.29, 1.82) is 0 Å². The maximum atomic E-state index is 12.3. The van der Waals surface area contributed by atoms with E-state index >= 15 is 0 Å². The molecule has 0 radical (unpaired) electrons. The second kappa shape index (κ2) is 8.93. The van der Waals surface area contributed by atoms with Crippen molar-refractivity contribution in [3.05, 3.63) is 69.7 Å². The molecule has 0 fully saturated rings. The van der Waals surface area contributed by atoms with Crippen LogP contribution in [-0.4, -0.2) is 18.4 Å². The molecule has 27 heavy (non-hydrogen) atoms. The average Bonchev–Trinajstić information content (AvgIpc) is 2.61. The van der Waals surface area contributed by atoms with Gasteiger partial charge in [-0.3, -0.25) is 9.59 Å². The van der Waals surface area contributed by atoms with Crippen LogP contribution in [0, 0.1) is 0 Å². The summed E-state index contributed by atoms with van der Waals surface area (Å²) in [7, 11) is 0. The molecule has 7 heteroatoms. The number of carbonyl (C=O) groups is 2. The molecule has 2 aromatic rings. The number of carbonyl (C=O) groups excluding carboxylic acids is 2. The summed E-state index contributed by atoms with van der Waals surface area (Å²) in [6, 6.07) is 12.2. The standard InChI is InChI=1S/C20H20Cl2N2O3/c1-20(2,14-6-9-16(21)17(22)11-14)24-19(26)10-5-13-3-7-15(8-4-13)27-12-18(23)25/h3-11H,12H2,1-2H3,(H2,23,25)(H,24,26)/b10-5+. The lowest BCUT2D eigenvalue weighted by Crippen LogP contribution is -2.40. The van der Waals surface area contributed by atoms with Gasteiger partial charge in [-0.2, -0.15) is 0 Å². The predicted molar refractivity (Wildman–Crippen MR) is 108 cm³/mol. The summed E-state index contributed by atoms with van der Waals surface area (Å²) in [6.45, 7) is 3.58. The van der Waals surface area contributed by atoms with Crippen LogP contribution in [0.2, 0.25) is 10.0 Å². The lowest BCUT2D eigenvalue weighted by molar-refractivity contribution is -0.120. The summed E-state index contributed by atoms with van der Waals surface area (Å²) in [5, 5.41) is 3.83. The van der Waals surface area contributed by atoms with Crippen LogP contribution in [0.1, 0.15) is 25.0 Å². The van der Waals surface area contributed by atoms with Crippen molar-refractivity contribution in [2.75, 3.05) is 6.61 Å². The molecule has 0 saturated heterocycles. The quantitative estimate of drug-likeness (QED) is 0.683. The van der Waals surface area contributed by atoms with Gasteiger partial charge in [-0.05, 0) is 55.3 Å². The topological polar surface area (TPSA) is 81.4 Å². The molecule has 0 aliphatic heterocycles. The Labute approximate surface area is 168 Å². The molecular formula is C20H20Cl2N2O3. The van der Waals surface area contributed by atoms with Crippen molar-refractivity contribution < 1.29 is 14.3 Å². The number of hydrogen-bond donors (Lipinski definition) is 2. The smallest absolute Gasteiger partial charge is 0.255 e. The summed E-state index contributed by atoms with van der Waals surface area (Å²) >= 11 is 12.0. The molecule has 0 aromatic heterocycles. The number of benzene rings is 2. The van der Waals surface area contributed by atoms with Crippen molar-refractivity contribution in [3.8, 4) is 5.75 Å². The van der Waals surface area contributed by atoms with Crippen LogP contribution >= 0.6 is 23.2 Å². The molecule has 0 atom stereocenters. The molecule has 142 valence electrons. The molecule has 0 saturated carbocycles. The summed E-state index contributed by atoms with van der Waals surface area (Å²) in [6.07, 6.45) is 3.12. The number of ether oxygens (including phenoxy) is 1. The lowest BCUT2D eigenvalue weighted by atomic mass is 9.94. The average molecular weight is 407 g/mol. The van der Waals surface area contributed by atoms with Crippen LogP contribution in [-0.2, 0) is 15.1 Å². The first kappa shape index (κ1) is 20.8. The third-order valence-electron chi connectivity index (χ3n) is 3.77. The highest BCUT2D eigenvalue weighted by atomic mass is 35.5. The number of nitrogens with one attached hydrogen (secondary N) is 1. The van der Waals surface area contributed by atoms with Gasteiger partial charge in [-0.25, -0.2) is 0 Å². The SMILES string of the molecule is CC(C)(NC(=O)/C=C/c1ccc(OCC(N)=O)cc1)c1ccc(Cl)c(Cl)c1. The minimum atomic E-state index is -0.623. The van der Waals surface area contributed by atoms with Gasteiger partial charge in [-0.15, -0.1) is 0 Å². The van der Waals surface area contributed by atoms with E-state index in [2.05, 4.69) is 5.32 Å². The highest BCUT2D eigenvalue weighted by Gasteiger charge is 2.22. The monoisotopic (exact) mass is 406 g/mol. The van der Waals surface area contributed by atoms with E-state index in [4.69, 9.17) is 33.7 Å². The van der Waals surface area contributed by atoms with Gasteiger partial charge >= 0.3 is 0 Å². The van der Waals surface area contributed by atoms with E-state index in [1.165, 1.54) is 6.08 Å². The zero-order valence-corrected chi connectivity index (χ0v) is 16.5. The van der Waals surface area contributed by atoms with Crippen LogP contribution in [0.25, 0.3) is 6.08 Å². The van der Waals surface area contributed by atoms with Gasteiger partial charge in [0.2, 0.25) is 5.91 Å². The Bertz CT molecular complexity index is 862. The molecule has 0 aliphatic rings. The van der Waals surface area contributed by atoms with Crippen LogP contribution < -0.4 is 15.8 Å². The summed E-state index contributed by atoms with van der Waals surface area (Å²) < 4.78 is 5.18. The first-order valence-electron chi connectivity index (χ1n) is 8.14. The largest absolute Gasteiger partial charge is 0.484 e. The predicted octanol–water partition coefficient (Wildman–Crippen LogP) is 3.92. The molecule has 0 spiro atoms. The normalized spacial score (nSPS) is 11.4. The third kappa shape index (κ3) is 6.31. The van der Waals surface area contributed by atoms with Crippen molar-refractivity contribution in [1.82, 2.24) is 5.32 Å². The van der Waals surface area contributed by atoms with E-state index in [1.54, 1.807) is 42.5 Å². The first-order chi connectivity index (χ1) is 12.7. The van der Waals surface area contributed by atoms with Gasteiger partial charge in [0.25, 0.3) is 5.91 Å². The lowest BCUT2D eigenvalue weighted by Gasteiger charge is -2.26. The van der Waals surface area contributed by atoms with E-state index in [9.17, 15) is 9.59 Å². The molecule has 0 unspecified atom stereocenters. The maximum absolute atomic E-state index is 12.3.